The zero-order valence-electron chi connectivity index (χ0n) is 10.1. The molecule has 18 heavy (non-hydrogen) atoms. The van der Waals surface area contributed by atoms with E-state index < -0.39 is 16.0 Å². The first-order valence-electron chi connectivity index (χ1n) is 5.30. The minimum Gasteiger partial charge on any atom is -0.478 e. The van der Waals surface area contributed by atoms with E-state index in [4.69, 9.17) is 5.11 Å². The van der Waals surface area contributed by atoms with E-state index in [1.165, 1.54) is 23.5 Å². The van der Waals surface area contributed by atoms with Gasteiger partial charge >= 0.3 is 5.97 Å². The van der Waals surface area contributed by atoms with Gasteiger partial charge in [0.15, 0.2) is 0 Å². The second-order valence-corrected chi connectivity index (χ2v) is 6.67. The summed E-state index contributed by atoms with van der Waals surface area (Å²) in [5.41, 5.74) is -0.0685. The largest absolute Gasteiger partial charge is 0.478 e. The summed E-state index contributed by atoms with van der Waals surface area (Å²) < 4.78 is 25.8. The highest BCUT2D eigenvalue weighted by Crippen LogP contribution is 2.23. The number of halogens is 1. The summed E-state index contributed by atoms with van der Waals surface area (Å²) in [6.07, 6.45) is 0.693. The molecular formula is C11H14BrNO4S. The highest BCUT2D eigenvalue weighted by atomic mass is 79.9. The minimum atomic E-state index is -3.62. The Morgan fingerprint density at radius 3 is 2.56 bits per heavy atom. The molecule has 100 valence electrons. The fourth-order valence-electron chi connectivity index (χ4n) is 1.44. The van der Waals surface area contributed by atoms with Crippen LogP contribution in [0.4, 0.5) is 0 Å². The number of nitrogens with zero attached hydrogens (tertiary/aromatic N) is 1. The minimum absolute atomic E-state index is 0.0148. The molecule has 0 amide bonds. The SMILES string of the molecule is CCCN(C)S(=O)(=O)c1ccc(Br)c(C(=O)O)c1. The van der Waals surface area contributed by atoms with Crippen LogP contribution in [0.2, 0.25) is 0 Å². The molecule has 1 rings (SSSR count). The molecule has 0 aliphatic heterocycles. The summed E-state index contributed by atoms with van der Waals surface area (Å²) in [5.74, 6) is -1.17. The van der Waals surface area contributed by atoms with Crippen molar-refractivity contribution in [3.05, 3.63) is 28.2 Å². The highest BCUT2D eigenvalue weighted by Gasteiger charge is 2.22. The second kappa shape index (κ2) is 5.81. The van der Waals surface area contributed by atoms with Crippen LogP contribution < -0.4 is 0 Å². The van der Waals surface area contributed by atoms with Crippen molar-refractivity contribution in [3.63, 3.8) is 0 Å². The summed E-state index contributed by atoms with van der Waals surface area (Å²) in [7, 11) is -2.15. The van der Waals surface area contributed by atoms with E-state index in [0.717, 1.165) is 6.07 Å². The maximum atomic E-state index is 12.1. The summed E-state index contributed by atoms with van der Waals surface area (Å²) in [6, 6.07) is 3.97. The van der Waals surface area contributed by atoms with Crippen molar-refractivity contribution < 1.29 is 18.3 Å². The molecule has 0 atom stereocenters. The topological polar surface area (TPSA) is 74.7 Å². The molecule has 5 nitrogen and oxygen atoms in total. The van der Waals surface area contributed by atoms with Crippen molar-refractivity contribution in [2.75, 3.05) is 13.6 Å². The number of rotatable bonds is 5. The number of aromatic carboxylic acids is 1. The Bertz CT molecular complexity index is 556. The third kappa shape index (κ3) is 3.09. The molecule has 0 spiro atoms. The molecule has 0 saturated heterocycles. The third-order valence-corrected chi connectivity index (χ3v) is 4.96. The maximum absolute atomic E-state index is 12.1. The van der Waals surface area contributed by atoms with Crippen molar-refractivity contribution in [3.8, 4) is 0 Å². The standard InChI is InChI=1S/C11H14BrNO4S/c1-3-6-13(2)18(16,17)8-4-5-10(12)9(7-8)11(14)15/h4-5,7H,3,6H2,1-2H3,(H,14,15). The summed E-state index contributed by atoms with van der Waals surface area (Å²) in [6.45, 7) is 2.26. The van der Waals surface area contributed by atoms with E-state index in [1.54, 1.807) is 0 Å². The normalized spacial score (nSPS) is 11.8. The number of carboxylic acid groups (broad SMARTS) is 1. The first-order valence-corrected chi connectivity index (χ1v) is 7.53. The molecule has 0 radical (unpaired) electrons. The van der Waals surface area contributed by atoms with Gasteiger partial charge in [-0.05, 0) is 40.5 Å². The predicted molar refractivity (Wildman–Crippen MR) is 71.2 cm³/mol. The van der Waals surface area contributed by atoms with Gasteiger partial charge in [-0.1, -0.05) is 6.92 Å². The van der Waals surface area contributed by atoms with Crippen molar-refractivity contribution in [2.45, 2.75) is 18.2 Å². The van der Waals surface area contributed by atoms with Crippen LogP contribution in [0.1, 0.15) is 23.7 Å². The van der Waals surface area contributed by atoms with Crippen LogP contribution in [-0.4, -0.2) is 37.4 Å². The number of carbonyl (C=O) groups is 1. The smallest absolute Gasteiger partial charge is 0.336 e. The van der Waals surface area contributed by atoms with Crippen LogP contribution in [-0.2, 0) is 10.0 Å². The fraction of sp³-hybridized carbons (Fsp3) is 0.364. The van der Waals surface area contributed by atoms with E-state index in [1.807, 2.05) is 6.92 Å². The Hall–Kier alpha value is -0.920. The first kappa shape index (κ1) is 15.1. The molecule has 1 N–H and O–H groups in total. The predicted octanol–water partition coefficient (Wildman–Crippen LogP) is 2.18. The molecule has 0 aliphatic carbocycles. The average molecular weight is 336 g/mol. The van der Waals surface area contributed by atoms with Crippen LogP contribution in [0.15, 0.2) is 27.6 Å². The van der Waals surface area contributed by atoms with Crippen molar-refractivity contribution in [1.82, 2.24) is 4.31 Å². The summed E-state index contributed by atoms with van der Waals surface area (Å²) in [5, 5.41) is 8.96. The molecule has 0 aliphatic rings. The Labute approximate surface area is 115 Å². The van der Waals surface area contributed by atoms with Crippen LogP contribution in [0, 0.1) is 0 Å². The summed E-state index contributed by atoms with van der Waals surface area (Å²) in [4.78, 5) is 10.9. The Morgan fingerprint density at radius 1 is 1.44 bits per heavy atom. The van der Waals surface area contributed by atoms with E-state index in [9.17, 15) is 13.2 Å². The number of hydrogen-bond acceptors (Lipinski definition) is 3. The van der Waals surface area contributed by atoms with Gasteiger partial charge in [0.05, 0.1) is 10.5 Å². The van der Waals surface area contributed by atoms with E-state index in [-0.39, 0.29) is 10.5 Å². The zero-order chi connectivity index (χ0) is 13.9. The lowest BCUT2D eigenvalue weighted by Gasteiger charge is -2.16. The number of benzene rings is 1. The molecule has 0 fully saturated rings. The molecule has 1 aromatic rings. The van der Waals surface area contributed by atoms with Gasteiger partial charge in [-0.3, -0.25) is 0 Å². The maximum Gasteiger partial charge on any atom is 0.336 e. The van der Waals surface area contributed by atoms with Gasteiger partial charge in [-0.15, -0.1) is 0 Å². The Balaban J connectivity index is 3.26. The van der Waals surface area contributed by atoms with Crippen molar-refractivity contribution in [1.29, 1.82) is 0 Å². The van der Waals surface area contributed by atoms with Crippen LogP contribution >= 0.6 is 15.9 Å². The Morgan fingerprint density at radius 2 is 2.06 bits per heavy atom. The molecule has 1 aromatic carbocycles. The highest BCUT2D eigenvalue weighted by molar-refractivity contribution is 9.10. The fourth-order valence-corrected chi connectivity index (χ4v) is 3.15. The van der Waals surface area contributed by atoms with Crippen LogP contribution in [0.3, 0.4) is 0 Å². The quantitative estimate of drug-likeness (QED) is 0.894. The van der Waals surface area contributed by atoms with Crippen molar-refractivity contribution in [2.24, 2.45) is 0 Å². The lowest BCUT2D eigenvalue weighted by Crippen LogP contribution is -2.27. The molecule has 0 aromatic heterocycles. The first-order chi connectivity index (χ1) is 8.30. The summed E-state index contributed by atoms with van der Waals surface area (Å²) >= 11 is 3.08. The molecule has 7 heteroatoms. The Kier molecular flexibility index (Phi) is 4.89. The van der Waals surface area contributed by atoms with Gasteiger partial charge in [-0.2, -0.15) is 0 Å². The molecule has 0 unspecified atom stereocenters. The van der Waals surface area contributed by atoms with Gasteiger partial charge in [-0.25, -0.2) is 17.5 Å². The zero-order valence-corrected chi connectivity index (χ0v) is 12.5. The number of carboxylic acids is 1. The lowest BCUT2D eigenvalue weighted by atomic mass is 10.2. The van der Waals surface area contributed by atoms with Crippen LogP contribution in [0.25, 0.3) is 0 Å². The van der Waals surface area contributed by atoms with Gasteiger partial charge in [0.25, 0.3) is 0 Å². The lowest BCUT2D eigenvalue weighted by molar-refractivity contribution is 0.0695. The van der Waals surface area contributed by atoms with E-state index in [2.05, 4.69) is 15.9 Å². The molecule has 0 heterocycles. The third-order valence-electron chi connectivity index (χ3n) is 2.41. The van der Waals surface area contributed by atoms with Gasteiger partial charge < -0.3 is 5.11 Å². The van der Waals surface area contributed by atoms with Gasteiger partial charge in [0, 0.05) is 18.1 Å². The van der Waals surface area contributed by atoms with Crippen LogP contribution in [0.5, 0.6) is 0 Å². The monoisotopic (exact) mass is 335 g/mol. The molecule has 0 bridgehead atoms. The van der Waals surface area contributed by atoms with E-state index in [0.29, 0.717) is 17.4 Å². The van der Waals surface area contributed by atoms with E-state index >= 15 is 0 Å². The second-order valence-electron chi connectivity index (χ2n) is 3.77. The van der Waals surface area contributed by atoms with Gasteiger partial charge in [0.1, 0.15) is 0 Å². The van der Waals surface area contributed by atoms with Gasteiger partial charge in [0.2, 0.25) is 10.0 Å². The molecular weight excluding hydrogens is 322 g/mol. The number of hydrogen-bond donors (Lipinski definition) is 1. The average Bonchev–Trinajstić information content (AvgIpc) is 2.29. The molecule has 0 saturated carbocycles. The van der Waals surface area contributed by atoms with Crippen molar-refractivity contribution >= 4 is 31.9 Å². The number of sulfonamides is 1.